The Bertz CT molecular complexity index is 2350. The van der Waals surface area contributed by atoms with Crippen LogP contribution in [0, 0.1) is 0 Å². The third-order valence-electron chi connectivity index (χ3n) is 9.93. The number of benzene rings is 4. The Morgan fingerprint density at radius 2 is 1.58 bits per heavy atom. The molecule has 57 heavy (non-hydrogen) atoms. The number of ether oxygens (including phenoxy) is 2. The summed E-state index contributed by atoms with van der Waals surface area (Å²) in [6.45, 7) is 11.1. The van der Waals surface area contributed by atoms with Gasteiger partial charge >= 0.3 is 6.03 Å². The predicted molar refractivity (Wildman–Crippen MR) is 228 cm³/mol. The number of fused-ring (bicyclic) bond motifs is 1. The summed E-state index contributed by atoms with van der Waals surface area (Å²) in [6.07, 6.45) is 4.59. The Morgan fingerprint density at radius 1 is 0.842 bits per heavy atom. The van der Waals surface area contributed by atoms with Crippen molar-refractivity contribution in [2.24, 2.45) is 0 Å². The fourth-order valence-electron chi connectivity index (χ4n) is 6.86. The van der Waals surface area contributed by atoms with Crippen LogP contribution in [0.2, 0.25) is 0 Å². The lowest BCUT2D eigenvalue weighted by Gasteiger charge is -2.32. The molecule has 0 atom stereocenters. The van der Waals surface area contributed by atoms with Crippen LogP contribution in [0.25, 0.3) is 10.8 Å². The number of Topliss-reactive ketones (excluding diaryl/α,β-unsaturated/α-hetero) is 1. The maximum atomic E-state index is 13.3. The van der Waals surface area contributed by atoms with Crippen LogP contribution >= 0.6 is 0 Å². The topological polar surface area (TPSA) is 142 Å². The zero-order valence-electron chi connectivity index (χ0n) is 33.5. The SMILES string of the molecule is COc1cc(Cc2cc(Oc3ccc(NC(=O)Nc4cc(NS(C)(=O)=O)cc(C(C)(C)C)c4)c4ccccc34)ccn2)ccc1C(=O)CCCN1CCN(C)CC1. The van der Waals surface area contributed by atoms with E-state index >= 15 is 0 Å². The van der Waals surface area contributed by atoms with Gasteiger partial charge in [0.2, 0.25) is 10.0 Å². The van der Waals surface area contributed by atoms with Crippen molar-refractivity contribution < 1.29 is 27.5 Å². The van der Waals surface area contributed by atoms with Gasteiger partial charge in [-0.05, 0) is 85.1 Å². The van der Waals surface area contributed by atoms with E-state index in [1.807, 2.05) is 75.4 Å². The molecule has 13 heteroatoms. The number of likely N-dealkylation sites (N-methyl/N-ethyl adjacent to an activating group) is 1. The van der Waals surface area contributed by atoms with Gasteiger partial charge in [0.15, 0.2) is 5.78 Å². The highest BCUT2D eigenvalue weighted by Gasteiger charge is 2.19. The van der Waals surface area contributed by atoms with Crippen LogP contribution in [0.4, 0.5) is 21.9 Å². The van der Waals surface area contributed by atoms with Crippen LogP contribution < -0.4 is 24.8 Å². The smallest absolute Gasteiger partial charge is 0.323 e. The molecule has 300 valence electrons. The van der Waals surface area contributed by atoms with Crippen LogP contribution in [0.3, 0.4) is 0 Å². The van der Waals surface area contributed by atoms with Crippen molar-refractivity contribution in [1.29, 1.82) is 0 Å². The second-order valence-electron chi connectivity index (χ2n) is 15.6. The molecule has 1 aliphatic rings. The Balaban J connectivity index is 1.12. The van der Waals surface area contributed by atoms with Crippen LogP contribution in [-0.2, 0) is 21.9 Å². The lowest BCUT2D eigenvalue weighted by molar-refractivity contribution is 0.0964. The van der Waals surface area contributed by atoms with Gasteiger partial charge in [-0.25, -0.2) is 13.2 Å². The molecule has 4 aromatic carbocycles. The fraction of sp³-hybridized carbons (Fsp3) is 0.341. The minimum Gasteiger partial charge on any atom is -0.496 e. The van der Waals surface area contributed by atoms with Crippen molar-refractivity contribution in [3.63, 3.8) is 0 Å². The summed E-state index contributed by atoms with van der Waals surface area (Å²) in [7, 11) is 0.206. The second kappa shape index (κ2) is 17.7. The molecule has 1 aromatic heterocycles. The van der Waals surface area contributed by atoms with E-state index in [-0.39, 0.29) is 11.2 Å². The third kappa shape index (κ3) is 11.3. The molecular weight excluding hydrogens is 741 g/mol. The summed E-state index contributed by atoms with van der Waals surface area (Å²) >= 11 is 0. The number of pyridine rings is 1. The van der Waals surface area contributed by atoms with E-state index in [1.165, 1.54) is 0 Å². The monoisotopic (exact) mass is 792 g/mol. The molecule has 0 saturated carbocycles. The van der Waals surface area contributed by atoms with Crippen molar-refractivity contribution in [3.8, 4) is 17.2 Å². The number of hydrogen-bond donors (Lipinski definition) is 3. The molecule has 5 aromatic rings. The number of carbonyl (C=O) groups is 2. The molecule has 0 aliphatic carbocycles. The first kappa shape index (κ1) is 41.1. The summed E-state index contributed by atoms with van der Waals surface area (Å²) in [4.78, 5) is 35.8. The minimum atomic E-state index is -3.52. The van der Waals surface area contributed by atoms with Crippen molar-refractivity contribution in [2.45, 2.75) is 45.4 Å². The first-order valence-corrected chi connectivity index (χ1v) is 21.0. The quantitative estimate of drug-likeness (QED) is 0.0950. The minimum absolute atomic E-state index is 0.0825. The zero-order chi connectivity index (χ0) is 40.7. The number of nitrogens with one attached hydrogen (secondary N) is 3. The average Bonchev–Trinajstić information content (AvgIpc) is 3.15. The van der Waals surface area contributed by atoms with Crippen LogP contribution in [0.5, 0.6) is 17.2 Å². The molecule has 2 heterocycles. The van der Waals surface area contributed by atoms with Gasteiger partial charge in [-0.1, -0.05) is 51.1 Å². The molecule has 0 spiro atoms. The number of amides is 2. The van der Waals surface area contributed by atoms with Gasteiger partial charge < -0.3 is 29.9 Å². The molecule has 3 N–H and O–H groups in total. The molecule has 1 aliphatic heterocycles. The summed E-state index contributed by atoms with van der Waals surface area (Å²) in [5.41, 5.74) is 4.26. The molecule has 1 saturated heterocycles. The lowest BCUT2D eigenvalue weighted by atomic mass is 9.86. The van der Waals surface area contributed by atoms with E-state index in [2.05, 4.69) is 37.2 Å². The number of ketones is 1. The Morgan fingerprint density at radius 3 is 2.30 bits per heavy atom. The van der Waals surface area contributed by atoms with Crippen molar-refractivity contribution >= 4 is 49.7 Å². The van der Waals surface area contributed by atoms with E-state index in [1.54, 1.807) is 43.6 Å². The highest BCUT2D eigenvalue weighted by atomic mass is 32.2. The van der Waals surface area contributed by atoms with Gasteiger partial charge in [-0.2, -0.15) is 0 Å². The van der Waals surface area contributed by atoms with Gasteiger partial charge in [0.25, 0.3) is 0 Å². The number of carbonyl (C=O) groups excluding carboxylic acids is 2. The summed E-state index contributed by atoms with van der Waals surface area (Å²) in [5, 5.41) is 7.36. The van der Waals surface area contributed by atoms with Gasteiger partial charge in [0, 0.05) is 73.4 Å². The van der Waals surface area contributed by atoms with E-state index in [9.17, 15) is 18.0 Å². The number of rotatable bonds is 14. The van der Waals surface area contributed by atoms with Crippen LogP contribution in [-0.4, -0.2) is 88.2 Å². The number of nitrogens with zero attached hydrogens (tertiary/aromatic N) is 3. The number of piperazine rings is 1. The number of aromatic nitrogens is 1. The Labute approximate surface area is 335 Å². The summed E-state index contributed by atoms with van der Waals surface area (Å²) in [6, 6.07) is 25.3. The molecule has 1 fully saturated rings. The molecule has 2 amide bonds. The van der Waals surface area contributed by atoms with Gasteiger partial charge in [0.05, 0.1) is 30.3 Å². The standard InChI is InChI=1S/C44H52N6O6S/c1-44(2,3)31-26-33(28-34(27-31)48-57(6,53)54)46-43(52)47-39-15-16-41(37-11-8-7-10-36(37)39)56-35-17-18-45-32(29-35)24-30-13-14-38(42(25-30)55-5)40(51)12-9-19-50-22-20-49(4)21-23-50/h7-8,10-11,13-18,25-29,48H,9,12,19-24H2,1-6H3,(H2,46,47,52). The first-order valence-electron chi connectivity index (χ1n) is 19.1. The van der Waals surface area contributed by atoms with E-state index in [0.29, 0.717) is 52.7 Å². The normalized spacial score (nSPS) is 13.9. The molecule has 0 radical (unpaired) electrons. The number of urea groups is 1. The number of hydrogen-bond acceptors (Lipinski definition) is 9. The fourth-order valence-corrected chi connectivity index (χ4v) is 7.40. The lowest BCUT2D eigenvalue weighted by Crippen LogP contribution is -2.44. The molecular formula is C44H52N6O6S. The van der Waals surface area contributed by atoms with E-state index in [4.69, 9.17) is 9.47 Å². The predicted octanol–water partition coefficient (Wildman–Crippen LogP) is 8.15. The second-order valence-corrected chi connectivity index (χ2v) is 17.4. The van der Waals surface area contributed by atoms with Gasteiger partial charge in [0.1, 0.15) is 17.2 Å². The van der Waals surface area contributed by atoms with Crippen molar-refractivity contribution in [3.05, 3.63) is 114 Å². The Hall–Kier alpha value is -5.50. The van der Waals surface area contributed by atoms with Crippen molar-refractivity contribution in [2.75, 3.05) is 68.5 Å². The largest absolute Gasteiger partial charge is 0.496 e. The van der Waals surface area contributed by atoms with Crippen molar-refractivity contribution in [1.82, 2.24) is 14.8 Å². The number of anilines is 3. The summed E-state index contributed by atoms with van der Waals surface area (Å²) in [5.74, 6) is 1.84. The number of methoxy groups -OCH3 is 1. The van der Waals surface area contributed by atoms with E-state index in [0.717, 1.165) is 73.0 Å². The average molecular weight is 793 g/mol. The first-order chi connectivity index (χ1) is 27.1. The summed E-state index contributed by atoms with van der Waals surface area (Å²) < 4.78 is 38.5. The number of sulfonamides is 1. The highest BCUT2D eigenvalue weighted by Crippen LogP contribution is 2.35. The molecule has 0 bridgehead atoms. The molecule has 12 nitrogen and oxygen atoms in total. The maximum Gasteiger partial charge on any atom is 0.323 e. The zero-order valence-corrected chi connectivity index (χ0v) is 34.3. The highest BCUT2D eigenvalue weighted by molar-refractivity contribution is 7.92. The van der Waals surface area contributed by atoms with Gasteiger partial charge in [-0.15, -0.1) is 0 Å². The van der Waals surface area contributed by atoms with Crippen LogP contribution in [0.1, 0.15) is 60.8 Å². The van der Waals surface area contributed by atoms with Crippen LogP contribution in [0.15, 0.2) is 91.1 Å². The molecule has 6 rings (SSSR count). The van der Waals surface area contributed by atoms with E-state index < -0.39 is 16.1 Å². The van der Waals surface area contributed by atoms with Gasteiger partial charge in [-0.3, -0.25) is 14.5 Å². The Kier molecular flexibility index (Phi) is 12.8. The third-order valence-corrected chi connectivity index (χ3v) is 10.5. The molecule has 0 unspecified atom stereocenters. The maximum absolute atomic E-state index is 13.3.